The fourth-order valence-corrected chi connectivity index (χ4v) is 1.79. The lowest BCUT2D eigenvalue weighted by Gasteiger charge is -2.28. The average molecular weight is 237 g/mol. The van der Waals surface area contributed by atoms with Gasteiger partial charge in [0.05, 0.1) is 0 Å². The molecule has 0 atom stereocenters. The molecule has 0 radical (unpaired) electrons. The van der Waals surface area contributed by atoms with E-state index in [0.717, 1.165) is 18.9 Å². The van der Waals surface area contributed by atoms with Gasteiger partial charge in [-0.1, -0.05) is 19.9 Å². The Morgan fingerprint density at radius 2 is 1.76 bits per heavy atom. The summed E-state index contributed by atoms with van der Waals surface area (Å²) in [6.07, 6.45) is 7.95. The molecule has 0 bridgehead atoms. The zero-order chi connectivity index (χ0) is 13.1. The minimum atomic E-state index is 0.536. The van der Waals surface area contributed by atoms with Crippen LogP contribution in [0.3, 0.4) is 0 Å². The summed E-state index contributed by atoms with van der Waals surface area (Å²) in [4.78, 5) is 11.1. The van der Waals surface area contributed by atoms with E-state index in [1.165, 1.54) is 12.8 Å². The van der Waals surface area contributed by atoms with Crippen molar-refractivity contribution in [1.82, 2.24) is 4.90 Å². The van der Waals surface area contributed by atoms with Crippen molar-refractivity contribution in [3.63, 3.8) is 0 Å². The molecule has 3 heteroatoms. The first-order chi connectivity index (χ1) is 8.27. The minimum absolute atomic E-state index is 0.536. The smallest absolute Gasteiger partial charge is 0.130 e. The summed E-state index contributed by atoms with van der Waals surface area (Å²) in [5.41, 5.74) is 0. The van der Waals surface area contributed by atoms with Gasteiger partial charge in [-0.15, -0.1) is 0 Å². The van der Waals surface area contributed by atoms with Crippen LogP contribution in [0.25, 0.3) is 0 Å². The first-order valence-electron chi connectivity index (χ1n) is 6.64. The van der Waals surface area contributed by atoms with Crippen LogP contribution in [0.15, 0.2) is 22.3 Å². The topological polar surface area (TPSA) is 28.0 Å². The zero-order valence-electron chi connectivity index (χ0n) is 12.0. The van der Waals surface area contributed by atoms with Gasteiger partial charge in [-0.3, -0.25) is 0 Å². The lowest BCUT2D eigenvalue weighted by molar-refractivity contribution is 0.251. The number of piperidine rings is 1. The van der Waals surface area contributed by atoms with Crippen LogP contribution in [0.2, 0.25) is 0 Å². The van der Waals surface area contributed by atoms with E-state index in [1.807, 2.05) is 46.2 Å². The molecule has 1 heterocycles. The molecule has 0 spiro atoms. The number of likely N-dealkylation sites (tertiary alicyclic amines) is 1. The van der Waals surface area contributed by atoms with Gasteiger partial charge in [-0.25, -0.2) is 9.98 Å². The molecule has 1 rings (SSSR count). The molecule has 98 valence electrons. The van der Waals surface area contributed by atoms with E-state index < -0.39 is 0 Å². The summed E-state index contributed by atoms with van der Waals surface area (Å²) in [5.74, 6) is 1.53. The van der Waals surface area contributed by atoms with Crippen LogP contribution >= 0.6 is 0 Å². The van der Waals surface area contributed by atoms with Crippen LogP contribution < -0.4 is 0 Å². The second-order valence-electron chi connectivity index (χ2n) is 3.93. The van der Waals surface area contributed by atoms with Gasteiger partial charge in [0.25, 0.3) is 0 Å². The maximum atomic E-state index is 4.40. The Labute approximate surface area is 106 Å². The molecule has 0 unspecified atom stereocenters. The summed E-state index contributed by atoms with van der Waals surface area (Å²) in [6.45, 7) is 10.2. The fraction of sp³-hybridized carbons (Fsp3) is 0.714. The van der Waals surface area contributed by atoms with Crippen molar-refractivity contribution >= 4 is 12.1 Å². The van der Waals surface area contributed by atoms with Crippen LogP contribution in [0, 0.1) is 5.92 Å². The average Bonchev–Trinajstić information content (AvgIpc) is 2.38. The second-order valence-corrected chi connectivity index (χ2v) is 3.93. The van der Waals surface area contributed by atoms with E-state index in [1.54, 1.807) is 0 Å². The van der Waals surface area contributed by atoms with E-state index in [4.69, 9.17) is 0 Å². The molecule has 1 aliphatic heterocycles. The third-order valence-electron chi connectivity index (χ3n) is 2.70. The highest BCUT2D eigenvalue weighted by atomic mass is 15.1. The zero-order valence-corrected chi connectivity index (χ0v) is 12.0. The van der Waals surface area contributed by atoms with Gasteiger partial charge in [0.1, 0.15) is 5.84 Å². The Kier molecular flexibility index (Phi) is 9.63. The maximum Gasteiger partial charge on any atom is 0.130 e. The third kappa shape index (κ3) is 6.37. The molecule has 0 amide bonds. The normalized spacial score (nSPS) is 19.7. The maximum absolute atomic E-state index is 4.40. The monoisotopic (exact) mass is 237 g/mol. The lowest BCUT2D eigenvalue weighted by Crippen LogP contribution is -2.33. The highest BCUT2D eigenvalue weighted by Crippen LogP contribution is 2.18. The van der Waals surface area contributed by atoms with Crippen molar-refractivity contribution in [3.8, 4) is 0 Å². The summed E-state index contributed by atoms with van der Waals surface area (Å²) >= 11 is 0. The quantitative estimate of drug-likeness (QED) is 0.534. The van der Waals surface area contributed by atoms with Crippen LogP contribution in [-0.4, -0.2) is 37.1 Å². The Hall–Kier alpha value is -0.960. The number of hydrogen-bond acceptors (Lipinski definition) is 2. The molecule has 1 fully saturated rings. The van der Waals surface area contributed by atoms with Crippen molar-refractivity contribution in [1.29, 1.82) is 0 Å². The number of allylic oxidation sites excluding steroid dienone is 1. The number of aliphatic imine (C=N–C) groups is 2. The first-order valence-corrected chi connectivity index (χ1v) is 6.64. The van der Waals surface area contributed by atoms with Gasteiger partial charge in [0, 0.05) is 18.3 Å². The Morgan fingerprint density at radius 3 is 2.24 bits per heavy atom. The third-order valence-corrected chi connectivity index (χ3v) is 2.70. The standard InChI is InChI=1S/C12H21N3.C2H6/c1-4-8-14-12(13-5-2)11-6-9-15(3)10-7-11;1-2/h4-5,8,11H,6-7,9-10H2,1-3H3;1-2H3/b8-4-,13-5?,14-12?;. The Balaban J connectivity index is 0.00000121. The predicted octanol–water partition coefficient (Wildman–Crippen LogP) is 3.38. The number of rotatable bonds is 2. The first kappa shape index (κ1) is 16.0. The summed E-state index contributed by atoms with van der Waals surface area (Å²) in [7, 11) is 2.17. The van der Waals surface area contributed by atoms with Gasteiger partial charge >= 0.3 is 0 Å². The van der Waals surface area contributed by atoms with Gasteiger partial charge in [0.2, 0.25) is 0 Å². The fourth-order valence-electron chi connectivity index (χ4n) is 1.79. The molecular formula is C14H27N3. The SMILES string of the molecule is CC.CC=NC(=N/C=C\C)C1CCN(C)CC1. The van der Waals surface area contributed by atoms with Crippen LogP contribution in [0.1, 0.15) is 40.5 Å². The van der Waals surface area contributed by atoms with Gasteiger partial charge in [-0.05, 0) is 46.8 Å². The van der Waals surface area contributed by atoms with E-state index in [2.05, 4.69) is 21.9 Å². The van der Waals surface area contributed by atoms with Gasteiger partial charge in [0.15, 0.2) is 0 Å². The molecular weight excluding hydrogens is 210 g/mol. The van der Waals surface area contributed by atoms with Crippen LogP contribution in [0.4, 0.5) is 0 Å². The highest BCUT2D eigenvalue weighted by Gasteiger charge is 2.20. The van der Waals surface area contributed by atoms with E-state index in [0.29, 0.717) is 5.92 Å². The summed E-state index contributed by atoms with van der Waals surface area (Å²) in [6, 6.07) is 0. The number of hydrogen-bond donors (Lipinski definition) is 0. The van der Waals surface area contributed by atoms with E-state index in [-0.39, 0.29) is 0 Å². The molecule has 0 aliphatic carbocycles. The van der Waals surface area contributed by atoms with Gasteiger partial charge in [-0.2, -0.15) is 0 Å². The van der Waals surface area contributed by atoms with Crippen molar-refractivity contribution in [2.45, 2.75) is 40.5 Å². The molecule has 0 N–H and O–H groups in total. The second kappa shape index (κ2) is 10.2. The molecule has 17 heavy (non-hydrogen) atoms. The Bertz CT molecular complexity index is 259. The highest BCUT2D eigenvalue weighted by molar-refractivity contribution is 5.91. The van der Waals surface area contributed by atoms with Crippen LogP contribution in [-0.2, 0) is 0 Å². The molecule has 0 aromatic rings. The number of amidine groups is 1. The molecule has 0 saturated carbocycles. The largest absolute Gasteiger partial charge is 0.306 e. The van der Waals surface area contributed by atoms with Crippen molar-refractivity contribution < 1.29 is 0 Å². The van der Waals surface area contributed by atoms with Crippen molar-refractivity contribution in [3.05, 3.63) is 12.3 Å². The molecule has 1 aliphatic rings. The molecule has 1 saturated heterocycles. The van der Waals surface area contributed by atoms with Crippen LogP contribution in [0.5, 0.6) is 0 Å². The molecule has 0 aromatic carbocycles. The minimum Gasteiger partial charge on any atom is -0.306 e. The molecule has 3 nitrogen and oxygen atoms in total. The summed E-state index contributed by atoms with van der Waals surface area (Å²) in [5, 5.41) is 0. The van der Waals surface area contributed by atoms with E-state index in [9.17, 15) is 0 Å². The predicted molar refractivity (Wildman–Crippen MR) is 78.0 cm³/mol. The van der Waals surface area contributed by atoms with E-state index >= 15 is 0 Å². The van der Waals surface area contributed by atoms with Crippen molar-refractivity contribution in [2.24, 2.45) is 15.9 Å². The number of nitrogens with zero attached hydrogens (tertiary/aromatic N) is 3. The molecule has 0 aromatic heterocycles. The van der Waals surface area contributed by atoms with Crippen molar-refractivity contribution in [2.75, 3.05) is 20.1 Å². The van der Waals surface area contributed by atoms with Gasteiger partial charge < -0.3 is 4.90 Å². The lowest BCUT2D eigenvalue weighted by atomic mass is 9.96. The summed E-state index contributed by atoms with van der Waals surface area (Å²) < 4.78 is 0. The Morgan fingerprint density at radius 1 is 1.18 bits per heavy atom.